The first-order chi connectivity index (χ1) is 11.1. The van der Waals surface area contributed by atoms with E-state index < -0.39 is 11.4 Å². The van der Waals surface area contributed by atoms with Crippen molar-refractivity contribution in [3.8, 4) is 0 Å². The van der Waals surface area contributed by atoms with Crippen molar-refractivity contribution in [2.45, 2.75) is 25.9 Å². The highest BCUT2D eigenvalue weighted by Gasteiger charge is 2.57. The number of carbonyl (C=O) groups is 2. The number of hydrogen-bond donors (Lipinski definition) is 1. The van der Waals surface area contributed by atoms with Crippen LogP contribution in [0, 0.1) is 5.41 Å². The molecular formula is C17H19N3O3. The van der Waals surface area contributed by atoms with Gasteiger partial charge in [-0.1, -0.05) is 30.3 Å². The Bertz CT molecular complexity index is 705. The molecule has 3 rings (SSSR count). The lowest BCUT2D eigenvalue weighted by atomic mass is 10.1. The zero-order valence-corrected chi connectivity index (χ0v) is 13.0. The van der Waals surface area contributed by atoms with Gasteiger partial charge >= 0.3 is 5.97 Å². The summed E-state index contributed by atoms with van der Waals surface area (Å²) in [6, 6.07) is 11.9. The SMILES string of the molecule is COC(=O)C1(C(=O)NCc2ccn(Cc3ccccc3)n2)CC1. The van der Waals surface area contributed by atoms with Gasteiger partial charge < -0.3 is 10.1 Å². The number of ether oxygens (including phenoxy) is 1. The zero-order chi connectivity index (χ0) is 16.3. The molecule has 1 heterocycles. The van der Waals surface area contributed by atoms with Gasteiger partial charge in [-0.3, -0.25) is 14.3 Å². The van der Waals surface area contributed by atoms with Crippen LogP contribution >= 0.6 is 0 Å². The lowest BCUT2D eigenvalue weighted by Crippen LogP contribution is -2.37. The highest BCUT2D eigenvalue weighted by molar-refractivity contribution is 6.05. The molecule has 1 aliphatic rings. The summed E-state index contributed by atoms with van der Waals surface area (Å²) in [5, 5.41) is 7.21. The molecule has 1 amide bonds. The first-order valence-corrected chi connectivity index (χ1v) is 7.57. The van der Waals surface area contributed by atoms with E-state index >= 15 is 0 Å². The van der Waals surface area contributed by atoms with Gasteiger partial charge in [0.05, 0.1) is 25.9 Å². The van der Waals surface area contributed by atoms with Crippen molar-refractivity contribution < 1.29 is 14.3 Å². The summed E-state index contributed by atoms with van der Waals surface area (Å²) >= 11 is 0. The number of carbonyl (C=O) groups excluding carboxylic acids is 2. The molecule has 0 aliphatic heterocycles. The summed E-state index contributed by atoms with van der Waals surface area (Å²) in [5.74, 6) is -0.730. The average Bonchev–Trinajstić information content (AvgIpc) is 3.28. The largest absolute Gasteiger partial charge is 0.468 e. The van der Waals surface area contributed by atoms with Crippen molar-refractivity contribution in [2.75, 3.05) is 7.11 Å². The maximum atomic E-state index is 12.2. The van der Waals surface area contributed by atoms with Crippen molar-refractivity contribution in [2.24, 2.45) is 5.41 Å². The van der Waals surface area contributed by atoms with Crippen LogP contribution in [0.4, 0.5) is 0 Å². The minimum absolute atomic E-state index is 0.276. The Kier molecular flexibility index (Phi) is 4.14. The molecule has 120 valence electrons. The van der Waals surface area contributed by atoms with E-state index in [-0.39, 0.29) is 5.91 Å². The number of rotatable bonds is 6. The van der Waals surface area contributed by atoms with E-state index in [1.807, 2.05) is 47.3 Å². The predicted octanol–water partition coefficient (Wildman–Crippen LogP) is 1.50. The van der Waals surface area contributed by atoms with E-state index in [2.05, 4.69) is 10.4 Å². The molecule has 1 aromatic heterocycles. The van der Waals surface area contributed by atoms with Gasteiger partial charge in [0.15, 0.2) is 0 Å². The number of hydrogen-bond acceptors (Lipinski definition) is 4. The summed E-state index contributed by atoms with van der Waals surface area (Å²) < 4.78 is 6.53. The molecule has 2 aromatic rings. The van der Waals surface area contributed by atoms with E-state index in [0.29, 0.717) is 25.9 Å². The minimum atomic E-state index is -0.971. The summed E-state index contributed by atoms with van der Waals surface area (Å²) in [4.78, 5) is 23.8. The van der Waals surface area contributed by atoms with Crippen LogP contribution < -0.4 is 5.32 Å². The number of benzene rings is 1. The molecule has 0 radical (unpaired) electrons. The third kappa shape index (κ3) is 3.26. The number of amides is 1. The second kappa shape index (κ2) is 6.24. The van der Waals surface area contributed by atoms with Crippen molar-refractivity contribution in [3.05, 3.63) is 53.9 Å². The lowest BCUT2D eigenvalue weighted by Gasteiger charge is -2.12. The summed E-state index contributed by atoms with van der Waals surface area (Å²) in [6.45, 7) is 0.986. The Hall–Kier alpha value is -2.63. The molecule has 1 aliphatic carbocycles. The van der Waals surface area contributed by atoms with E-state index in [1.165, 1.54) is 7.11 Å². The molecule has 1 aromatic carbocycles. The number of nitrogens with one attached hydrogen (secondary N) is 1. The molecule has 1 saturated carbocycles. The second-order valence-electron chi connectivity index (χ2n) is 5.75. The average molecular weight is 313 g/mol. The van der Waals surface area contributed by atoms with E-state index in [4.69, 9.17) is 4.74 Å². The van der Waals surface area contributed by atoms with Crippen LogP contribution in [-0.2, 0) is 27.4 Å². The molecule has 1 fully saturated rings. The number of aromatic nitrogens is 2. The molecule has 0 atom stereocenters. The van der Waals surface area contributed by atoms with E-state index in [0.717, 1.165) is 11.3 Å². The van der Waals surface area contributed by atoms with Gasteiger partial charge in [-0.05, 0) is 24.5 Å². The number of nitrogens with zero attached hydrogens (tertiary/aromatic N) is 2. The highest BCUT2D eigenvalue weighted by atomic mass is 16.5. The number of esters is 1. The Labute approximate surface area is 134 Å². The standard InChI is InChI=1S/C17H19N3O3/c1-23-16(22)17(8-9-17)15(21)18-11-14-7-10-20(19-14)12-13-5-3-2-4-6-13/h2-7,10H,8-9,11-12H2,1H3,(H,18,21). The predicted molar refractivity (Wildman–Crippen MR) is 83.3 cm³/mol. The topological polar surface area (TPSA) is 73.2 Å². The van der Waals surface area contributed by atoms with Crippen LogP contribution in [0.3, 0.4) is 0 Å². The van der Waals surface area contributed by atoms with Gasteiger partial charge in [0.2, 0.25) is 5.91 Å². The van der Waals surface area contributed by atoms with Gasteiger partial charge in [-0.2, -0.15) is 5.10 Å². The van der Waals surface area contributed by atoms with Gasteiger partial charge in [-0.15, -0.1) is 0 Å². The normalized spacial score (nSPS) is 15.0. The Morgan fingerprint density at radius 2 is 2.00 bits per heavy atom. The molecule has 1 N–H and O–H groups in total. The Balaban J connectivity index is 1.56. The van der Waals surface area contributed by atoms with Crippen LogP contribution in [-0.4, -0.2) is 28.8 Å². The molecule has 6 heteroatoms. The fourth-order valence-electron chi connectivity index (χ4n) is 2.54. The fourth-order valence-corrected chi connectivity index (χ4v) is 2.54. The van der Waals surface area contributed by atoms with E-state index in [1.54, 1.807) is 0 Å². The monoisotopic (exact) mass is 313 g/mol. The fraction of sp³-hybridized carbons (Fsp3) is 0.353. The first-order valence-electron chi connectivity index (χ1n) is 7.57. The number of methoxy groups -OCH3 is 1. The van der Waals surface area contributed by atoms with Crippen molar-refractivity contribution in [1.29, 1.82) is 0 Å². The van der Waals surface area contributed by atoms with Crippen molar-refractivity contribution in [1.82, 2.24) is 15.1 Å². The van der Waals surface area contributed by atoms with Gasteiger partial charge in [0.1, 0.15) is 5.41 Å². The van der Waals surface area contributed by atoms with Crippen LogP contribution in [0.1, 0.15) is 24.1 Å². The molecule has 23 heavy (non-hydrogen) atoms. The molecule has 0 spiro atoms. The minimum Gasteiger partial charge on any atom is -0.468 e. The molecule has 0 bridgehead atoms. The first kappa shape index (κ1) is 15.3. The lowest BCUT2D eigenvalue weighted by molar-refractivity contribution is -0.152. The van der Waals surface area contributed by atoms with Gasteiger partial charge in [0, 0.05) is 6.20 Å². The summed E-state index contributed by atoms with van der Waals surface area (Å²) in [7, 11) is 1.31. The Morgan fingerprint density at radius 1 is 1.26 bits per heavy atom. The molecule has 0 unspecified atom stereocenters. The van der Waals surface area contributed by atoms with E-state index in [9.17, 15) is 9.59 Å². The van der Waals surface area contributed by atoms with Crippen LogP contribution in [0.2, 0.25) is 0 Å². The van der Waals surface area contributed by atoms with Crippen LogP contribution in [0.25, 0.3) is 0 Å². The highest BCUT2D eigenvalue weighted by Crippen LogP contribution is 2.46. The van der Waals surface area contributed by atoms with Gasteiger partial charge in [-0.25, -0.2) is 0 Å². The third-order valence-electron chi connectivity index (χ3n) is 4.07. The van der Waals surface area contributed by atoms with Gasteiger partial charge in [0.25, 0.3) is 0 Å². The maximum absolute atomic E-state index is 12.2. The molecule has 0 saturated heterocycles. The summed E-state index contributed by atoms with van der Waals surface area (Å²) in [6.07, 6.45) is 2.98. The van der Waals surface area contributed by atoms with Crippen LogP contribution in [0.5, 0.6) is 0 Å². The maximum Gasteiger partial charge on any atom is 0.321 e. The summed E-state index contributed by atoms with van der Waals surface area (Å²) in [5.41, 5.74) is 0.949. The quantitative estimate of drug-likeness (QED) is 0.648. The molecule has 6 nitrogen and oxygen atoms in total. The Morgan fingerprint density at radius 3 is 2.65 bits per heavy atom. The second-order valence-corrected chi connectivity index (χ2v) is 5.75. The van der Waals surface area contributed by atoms with Crippen LogP contribution in [0.15, 0.2) is 42.6 Å². The smallest absolute Gasteiger partial charge is 0.321 e. The molecular weight excluding hydrogens is 294 g/mol. The van der Waals surface area contributed by atoms with Crippen molar-refractivity contribution in [3.63, 3.8) is 0 Å². The van der Waals surface area contributed by atoms with Crippen molar-refractivity contribution >= 4 is 11.9 Å². The zero-order valence-electron chi connectivity index (χ0n) is 13.0. The third-order valence-corrected chi connectivity index (χ3v) is 4.07.